The van der Waals surface area contributed by atoms with Gasteiger partial charge in [-0.05, 0) is 42.7 Å². The van der Waals surface area contributed by atoms with Gasteiger partial charge in [-0.2, -0.15) is 0 Å². The van der Waals surface area contributed by atoms with Crippen LogP contribution in [0.4, 0.5) is 5.69 Å². The molecule has 112 valence electrons. The number of aryl methyl sites for hydroxylation is 2. The maximum atomic E-state index is 12.3. The third kappa shape index (κ3) is 2.89. The van der Waals surface area contributed by atoms with Crippen LogP contribution in [0.3, 0.4) is 0 Å². The summed E-state index contributed by atoms with van der Waals surface area (Å²) in [5.41, 5.74) is 4.91. The van der Waals surface area contributed by atoms with Gasteiger partial charge >= 0.3 is 0 Å². The molecule has 1 amide bonds. The summed E-state index contributed by atoms with van der Waals surface area (Å²) >= 11 is 0. The number of hydrogen-bond acceptors (Lipinski definition) is 2. The average molecular weight is 293 g/mol. The van der Waals surface area contributed by atoms with Gasteiger partial charge in [0.1, 0.15) is 5.58 Å². The predicted molar refractivity (Wildman–Crippen MR) is 89.1 cm³/mol. The summed E-state index contributed by atoms with van der Waals surface area (Å²) in [5.74, 6) is -0.0288. The Morgan fingerprint density at radius 2 is 2.00 bits per heavy atom. The third-order valence-corrected chi connectivity index (χ3v) is 3.90. The first-order valence-electron chi connectivity index (χ1n) is 7.52. The normalized spacial score (nSPS) is 10.8. The van der Waals surface area contributed by atoms with Gasteiger partial charge < -0.3 is 9.73 Å². The third-order valence-electron chi connectivity index (χ3n) is 3.90. The minimum absolute atomic E-state index is 0.0288. The van der Waals surface area contributed by atoms with E-state index in [9.17, 15) is 4.79 Å². The van der Waals surface area contributed by atoms with E-state index < -0.39 is 0 Å². The zero-order valence-electron chi connectivity index (χ0n) is 12.8. The van der Waals surface area contributed by atoms with E-state index in [4.69, 9.17) is 4.42 Å². The van der Waals surface area contributed by atoms with E-state index >= 15 is 0 Å². The highest BCUT2D eigenvalue weighted by Crippen LogP contribution is 2.24. The largest absolute Gasteiger partial charge is 0.464 e. The molecule has 0 aliphatic carbocycles. The van der Waals surface area contributed by atoms with Crippen molar-refractivity contribution in [1.29, 1.82) is 0 Å². The van der Waals surface area contributed by atoms with Crippen molar-refractivity contribution in [1.82, 2.24) is 0 Å². The highest BCUT2D eigenvalue weighted by atomic mass is 16.3. The number of fused-ring (bicyclic) bond motifs is 1. The Hall–Kier alpha value is -2.55. The van der Waals surface area contributed by atoms with Crippen molar-refractivity contribution >= 4 is 22.6 Å². The van der Waals surface area contributed by atoms with Crippen LogP contribution in [0, 0.1) is 6.92 Å². The Morgan fingerprint density at radius 3 is 2.77 bits per heavy atom. The van der Waals surface area contributed by atoms with Crippen LogP contribution >= 0.6 is 0 Å². The second-order valence-corrected chi connectivity index (χ2v) is 5.48. The van der Waals surface area contributed by atoms with Gasteiger partial charge in [0.25, 0.3) is 0 Å². The molecule has 0 aliphatic rings. The van der Waals surface area contributed by atoms with Crippen molar-refractivity contribution in [3.05, 3.63) is 65.4 Å². The van der Waals surface area contributed by atoms with Crippen LogP contribution < -0.4 is 5.32 Å². The van der Waals surface area contributed by atoms with Crippen molar-refractivity contribution in [3.63, 3.8) is 0 Å². The fourth-order valence-corrected chi connectivity index (χ4v) is 2.57. The standard InChI is InChI=1S/C19H19NO2/c1-3-14-8-9-18-16(10-14)15(12-22-18)11-19(21)20-17-7-5-4-6-13(17)2/h4-10,12H,3,11H2,1-2H3,(H,20,21). The van der Waals surface area contributed by atoms with E-state index in [1.165, 1.54) is 5.56 Å². The van der Waals surface area contributed by atoms with E-state index in [1.807, 2.05) is 37.3 Å². The molecule has 3 nitrogen and oxygen atoms in total. The van der Waals surface area contributed by atoms with Gasteiger partial charge in [0, 0.05) is 16.6 Å². The van der Waals surface area contributed by atoms with Crippen LogP contribution in [0.1, 0.15) is 23.6 Å². The Morgan fingerprint density at radius 1 is 1.18 bits per heavy atom. The Labute approximate surface area is 130 Å². The van der Waals surface area contributed by atoms with E-state index in [-0.39, 0.29) is 5.91 Å². The van der Waals surface area contributed by atoms with Gasteiger partial charge in [0.2, 0.25) is 5.91 Å². The van der Waals surface area contributed by atoms with Crippen LogP contribution in [0.5, 0.6) is 0 Å². The van der Waals surface area contributed by atoms with Crippen LogP contribution in [0.25, 0.3) is 11.0 Å². The minimum Gasteiger partial charge on any atom is -0.464 e. The average Bonchev–Trinajstić information content (AvgIpc) is 2.91. The molecule has 1 N–H and O–H groups in total. The van der Waals surface area contributed by atoms with E-state index in [2.05, 4.69) is 24.4 Å². The molecule has 0 aliphatic heterocycles. The lowest BCUT2D eigenvalue weighted by molar-refractivity contribution is -0.115. The smallest absolute Gasteiger partial charge is 0.228 e. The summed E-state index contributed by atoms with van der Waals surface area (Å²) in [6.45, 7) is 4.10. The number of benzene rings is 2. The summed E-state index contributed by atoms with van der Waals surface area (Å²) in [6.07, 6.45) is 2.96. The Kier molecular flexibility index (Phi) is 3.96. The topological polar surface area (TPSA) is 42.2 Å². The number of hydrogen-bond donors (Lipinski definition) is 1. The number of para-hydroxylation sites is 1. The molecule has 3 rings (SSSR count). The van der Waals surface area contributed by atoms with Gasteiger partial charge in [-0.25, -0.2) is 0 Å². The molecule has 0 saturated carbocycles. The quantitative estimate of drug-likeness (QED) is 0.770. The molecule has 0 atom stereocenters. The molecule has 22 heavy (non-hydrogen) atoms. The summed E-state index contributed by atoms with van der Waals surface area (Å²) in [6, 6.07) is 13.9. The molecule has 0 fully saturated rings. The number of amides is 1. The van der Waals surface area contributed by atoms with E-state index in [0.717, 1.165) is 34.2 Å². The van der Waals surface area contributed by atoms with Crippen molar-refractivity contribution in [2.75, 3.05) is 5.32 Å². The lowest BCUT2D eigenvalue weighted by Gasteiger charge is -2.07. The maximum absolute atomic E-state index is 12.3. The molecular formula is C19H19NO2. The highest BCUT2D eigenvalue weighted by molar-refractivity contribution is 5.95. The van der Waals surface area contributed by atoms with Crippen LogP contribution in [0.15, 0.2) is 53.1 Å². The van der Waals surface area contributed by atoms with Gasteiger partial charge in [-0.15, -0.1) is 0 Å². The van der Waals surface area contributed by atoms with Crippen LogP contribution in [-0.4, -0.2) is 5.91 Å². The number of nitrogens with one attached hydrogen (secondary N) is 1. The molecule has 0 radical (unpaired) electrons. The molecule has 2 aromatic carbocycles. The van der Waals surface area contributed by atoms with Crippen LogP contribution in [0.2, 0.25) is 0 Å². The number of anilines is 1. The van der Waals surface area contributed by atoms with Crippen molar-refractivity contribution < 1.29 is 9.21 Å². The monoisotopic (exact) mass is 293 g/mol. The number of carbonyl (C=O) groups is 1. The van der Waals surface area contributed by atoms with Crippen molar-refractivity contribution in [2.45, 2.75) is 26.7 Å². The van der Waals surface area contributed by atoms with Crippen molar-refractivity contribution in [3.8, 4) is 0 Å². The lowest BCUT2D eigenvalue weighted by atomic mass is 10.1. The van der Waals surface area contributed by atoms with Gasteiger partial charge in [-0.3, -0.25) is 4.79 Å². The molecule has 3 heteroatoms. The van der Waals surface area contributed by atoms with Gasteiger partial charge in [0.15, 0.2) is 0 Å². The Balaban J connectivity index is 1.81. The number of furan rings is 1. The molecular weight excluding hydrogens is 274 g/mol. The number of carbonyl (C=O) groups excluding carboxylic acids is 1. The maximum Gasteiger partial charge on any atom is 0.228 e. The minimum atomic E-state index is -0.0288. The Bertz CT molecular complexity index is 817. The summed E-state index contributed by atoms with van der Waals surface area (Å²) in [5, 5.41) is 3.99. The number of rotatable bonds is 4. The zero-order valence-corrected chi connectivity index (χ0v) is 12.8. The fourth-order valence-electron chi connectivity index (χ4n) is 2.57. The van der Waals surface area contributed by atoms with E-state index in [0.29, 0.717) is 6.42 Å². The summed E-state index contributed by atoms with van der Waals surface area (Å²) in [7, 11) is 0. The van der Waals surface area contributed by atoms with E-state index in [1.54, 1.807) is 6.26 Å². The molecule has 0 unspecified atom stereocenters. The second kappa shape index (κ2) is 6.06. The lowest BCUT2D eigenvalue weighted by Crippen LogP contribution is -2.14. The van der Waals surface area contributed by atoms with Gasteiger partial charge in [-0.1, -0.05) is 31.2 Å². The summed E-state index contributed by atoms with van der Waals surface area (Å²) < 4.78 is 5.54. The molecule has 1 heterocycles. The molecule has 3 aromatic rings. The molecule has 1 aromatic heterocycles. The predicted octanol–water partition coefficient (Wildman–Crippen LogP) is 4.48. The first-order valence-corrected chi connectivity index (χ1v) is 7.52. The van der Waals surface area contributed by atoms with Crippen molar-refractivity contribution in [2.24, 2.45) is 0 Å². The SMILES string of the molecule is CCc1ccc2occ(CC(=O)Nc3ccccc3C)c2c1. The highest BCUT2D eigenvalue weighted by Gasteiger charge is 2.11. The van der Waals surface area contributed by atoms with Gasteiger partial charge in [0.05, 0.1) is 12.7 Å². The summed E-state index contributed by atoms with van der Waals surface area (Å²) in [4.78, 5) is 12.3. The van der Waals surface area contributed by atoms with Crippen LogP contribution in [-0.2, 0) is 17.6 Å². The zero-order chi connectivity index (χ0) is 15.5. The molecule has 0 spiro atoms. The molecule has 0 saturated heterocycles. The second-order valence-electron chi connectivity index (χ2n) is 5.48. The molecule has 0 bridgehead atoms. The fraction of sp³-hybridized carbons (Fsp3) is 0.211. The first kappa shape index (κ1) is 14.4. The first-order chi connectivity index (χ1) is 10.7.